The Balaban J connectivity index is 2.38. The van der Waals surface area contributed by atoms with Gasteiger partial charge in [0, 0.05) is 12.6 Å². The quantitative estimate of drug-likeness (QED) is 0.779. The molecule has 0 aromatic heterocycles. The Bertz CT molecular complexity index is 156. The van der Waals surface area contributed by atoms with Crippen molar-refractivity contribution < 1.29 is 8.78 Å². The maximum absolute atomic E-state index is 12.3. The molecule has 1 rings (SSSR count). The van der Waals surface area contributed by atoms with Gasteiger partial charge in [0.1, 0.15) is 0 Å². The summed E-state index contributed by atoms with van der Waals surface area (Å²) in [6.45, 7) is 6.79. The predicted molar refractivity (Wildman–Crippen MR) is 58.3 cm³/mol. The second-order valence-electron chi connectivity index (χ2n) is 4.78. The number of nitrogens with one attached hydrogen (secondary N) is 1. The minimum absolute atomic E-state index is 0.0731. The molecule has 0 saturated carbocycles. The van der Waals surface area contributed by atoms with Crippen LogP contribution in [-0.4, -0.2) is 43.5 Å². The molecule has 1 saturated heterocycles. The van der Waals surface area contributed by atoms with Gasteiger partial charge < -0.3 is 5.32 Å². The maximum Gasteiger partial charge on any atom is 0.251 e. The topological polar surface area (TPSA) is 15.3 Å². The average Bonchev–Trinajstić information content (AvgIpc) is 2.28. The van der Waals surface area contributed by atoms with Crippen LogP contribution in [0.15, 0.2) is 0 Å². The van der Waals surface area contributed by atoms with E-state index in [9.17, 15) is 8.78 Å². The van der Waals surface area contributed by atoms with Gasteiger partial charge in [-0.15, -0.1) is 0 Å². The lowest BCUT2D eigenvalue weighted by Gasteiger charge is -2.24. The van der Waals surface area contributed by atoms with Crippen molar-refractivity contribution in [1.29, 1.82) is 0 Å². The Labute approximate surface area is 91.0 Å². The third-order valence-corrected chi connectivity index (χ3v) is 2.71. The third-order valence-electron chi connectivity index (χ3n) is 2.71. The van der Waals surface area contributed by atoms with E-state index in [-0.39, 0.29) is 6.54 Å². The molecular formula is C11H22F2N2. The SMILES string of the molecule is CC(C)CC1CN(CC(F)F)CCCN1. The Kier molecular flexibility index (Phi) is 5.47. The normalized spacial score (nSPS) is 24.8. The molecule has 0 radical (unpaired) electrons. The molecule has 1 aliphatic heterocycles. The third kappa shape index (κ3) is 5.42. The highest BCUT2D eigenvalue weighted by atomic mass is 19.3. The first kappa shape index (κ1) is 12.8. The summed E-state index contributed by atoms with van der Waals surface area (Å²) in [5.74, 6) is 0.619. The Morgan fingerprint density at radius 1 is 1.40 bits per heavy atom. The fourth-order valence-electron chi connectivity index (χ4n) is 2.16. The highest BCUT2D eigenvalue weighted by molar-refractivity contribution is 4.77. The lowest BCUT2D eigenvalue weighted by atomic mass is 10.0. The molecule has 1 N–H and O–H groups in total. The van der Waals surface area contributed by atoms with Crippen LogP contribution in [0.25, 0.3) is 0 Å². The summed E-state index contributed by atoms with van der Waals surface area (Å²) >= 11 is 0. The molecule has 0 bridgehead atoms. The van der Waals surface area contributed by atoms with Gasteiger partial charge in [0.25, 0.3) is 6.43 Å². The van der Waals surface area contributed by atoms with Crippen molar-refractivity contribution in [3.63, 3.8) is 0 Å². The molecule has 0 aromatic carbocycles. The van der Waals surface area contributed by atoms with E-state index in [1.54, 1.807) is 0 Å². The molecule has 0 aliphatic carbocycles. The highest BCUT2D eigenvalue weighted by Gasteiger charge is 2.20. The number of hydrogen-bond donors (Lipinski definition) is 1. The van der Waals surface area contributed by atoms with E-state index in [0.717, 1.165) is 32.5 Å². The first-order valence-corrected chi connectivity index (χ1v) is 5.82. The van der Waals surface area contributed by atoms with Gasteiger partial charge in [-0.25, -0.2) is 8.78 Å². The molecule has 1 unspecified atom stereocenters. The molecule has 1 aliphatic rings. The summed E-state index contributed by atoms with van der Waals surface area (Å²) in [5, 5.41) is 3.43. The van der Waals surface area contributed by atoms with Crippen LogP contribution in [0, 0.1) is 5.92 Å². The predicted octanol–water partition coefficient (Wildman–Crippen LogP) is 1.96. The molecule has 1 heterocycles. The summed E-state index contributed by atoms with van der Waals surface area (Å²) in [4.78, 5) is 1.89. The van der Waals surface area contributed by atoms with Crippen LogP contribution in [0.5, 0.6) is 0 Å². The Morgan fingerprint density at radius 3 is 2.73 bits per heavy atom. The summed E-state index contributed by atoms with van der Waals surface area (Å²) in [7, 11) is 0. The van der Waals surface area contributed by atoms with E-state index < -0.39 is 6.43 Å². The van der Waals surface area contributed by atoms with Crippen LogP contribution in [0.3, 0.4) is 0 Å². The smallest absolute Gasteiger partial charge is 0.251 e. The lowest BCUT2D eigenvalue weighted by Crippen LogP contribution is -2.40. The average molecular weight is 220 g/mol. The van der Waals surface area contributed by atoms with Gasteiger partial charge in [-0.1, -0.05) is 13.8 Å². The van der Waals surface area contributed by atoms with Gasteiger partial charge in [0.05, 0.1) is 6.54 Å². The first-order valence-electron chi connectivity index (χ1n) is 5.82. The van der Waals surface area contributed by atoms with Crippen LogP contribution < -0.4 is 5.32 Å². The van der Waals surface area contributed by atoms with Gasteiger partial charge >= 0.3 is 0 Å². The zero-order chi connectivity index (χ0) is 11.3. The first-order chi connectivity index (χ1) is 7.08. The van der Waals surface area contributed by atoms with Crippen molar-refractivity contribution in [2.45, 2.75) is 39.2 Å². The number of alkyl halides is 2. The van der Waals surface area contributed by atoms with E-state index in [2.05, 4.69) is 19.2 Å². The molecule has 0 spiro atoms. The van der Waals surface area contributed by atoms with Gasteiger partial charge in [0.15, 0.2) is 0 Å². The van der Waals surface area contributed by atoms with Crippen LogP contribution in [-0.2, 0) is 0 Å². The molecule has 0 aromatic rings. The molecular weight excluding hydrogens is 198 g/mol. The largest absolute Gasteiger partial charge is 0.313 e. The van der Waals surface area contributed by atoms with E-state index in [1.807, 2.05) is 4.90 Å². The number of hydrogen-bond acceptors (Lipinski definition) is 2. The summed E-state index contributed by atoms with van der Waals surface area (Å²) in [6.07, 6.45) is -0.163. The van der Waals surface area contributed by atoms with Crippen LogP contribution in [0.4, 0.5) is 8.78 Å². The van der Waals surface area contributed by atoms with Gasteiger partial charge in [-0.05, 0) is 31.8 Å². The van der Waals surface area contributed by atoms with Gasteiger partial charge in [0.2, 0.25) is 0 Å². The molecule has 0 amide bonds. The van der Waals surface area contributed by atoms with E-state index in [1.165, 1.54) is 0 Å². The van der Waals surface area contributed by atoms with Crippen molar-refractivity contribution in [3.05, 3.63) is 0 Å². The maximum atomic E-state index is 12.3. The fourth-order valence-corrected chi connectivity index (χ4v) is 2.16. The monoisotopic (exact) mass is 220 g/mol. The minimum atomic E-state index is -2.21. The second kappa shape index (κ2) is 6.38. The highest BCUT2D eigenvalue weighted by Crippen LogP contribution is 2.10. The standard InChI is InChI=1S/C11H22F2N2/c1-9(2)6-10-7-15(8-11(12)13)5-3-4-14-10/h9-11,14H,3-8H2,1-2H3. The molecule has 1 atom stereocenters. The molecule has 4 heteroatoms. The molecule has 90 valence electrons. The Hall–Kier alpha value is -0.220. The summed E-state index contributed by atoms with van der Waals surface area (Å²) in [5.41, 5.74) is 0. The van der Waals surface area contributed by atoms with Crippen molar-refractivity contribution in [2.75, 3.05) is 26.2 Å². The minimum Gasteiger partial charge on any atom is -0.313 e. The van der Waals surface area contributed by atoms with E-state index in [0.29, 0.717) is 12.0 Å². The van der Waals surface area contributed by atoms with Crippen molar-refractivity contribution >= 4 is 0 Å². The number of halogens is 2. The summed E-state index contributed by atoms with van der Waals surface area (Å²) in [6, 6.07) is 0.381. The van der Waals surface area contributed by atoms with Gasteiger partial charge in [-0.2, -0.15) is 0 Å². The molecule has 15 heavy (non-hydrogen) atoms. The zero-order valence-electron chi connectivity index (χ0n) is 9.68. The van der Waals surface area contributed by atoms with Crippen molar-refractivity contribution in [1.82, 2.24) is 10.2 Å². The zero-order valence-corrected chi connectivity index (χ0v) is 9.68. The fraction of sp³-hybridized carbons (Fsp3) is 1.00. The second-order valence-corrected chi connectivity index (χ2v) is 4.78. The molecule has 1 fully saturated rings. The number of nitrogens with zero attached hydrogens (tertiary/aromatic N) is 1. The molecule has 2 nitrogen and oxygen atoms in total. The van der Waals surface area contributed by atoms with Crippen LogP contribution in [0.2, 0.25) is 0 Å². The lowest BCUT2D eigenvalue weighted by molar-refractivity contribution is 0.0864. The van der Waals surface area contributed by atoms with Crippen LogP contribution in [0.1, 0.15) is 26.7 Å². The van der Waals surface area contributed by atoms with E-state index in [4.69, 9.17) is 0 Å². The van der Waals surface area contributed by atoms with Crippen molar-refractivity contribution in [3.8, 4) is 0 Å². The van der Waals surface area contributed by atoms with Gasteiger partial charge in [-0.3, -0.25) is 4.90 Å². The Morgan fingerprint density at radius 2 is 2.13 bits per heavy atom. The van der Waals surface area contributed by atoms with Crippen molar-refractivity contribution in [2.24, 2.45) is 5.92 Å². The van der Waals surface area contributed by atoms with E-state index >= 15 is 0 Å². The number of rotatable bonds is 4. The summed E-state index contributed by atoms with van der Waals surface area (Å²) < 4.78 is 24.6. The van der Waals surface area contributed by atoms with Crippen LogP contribution >= 0.6 is 0 Å².